The lowest BCUT2D eigenvalue weighted by atomic mass is 9.97. The van der Waals surface area contributed by atoms with E-state index in [0.29, 0.717) is 31.2 Å². The summed E-state index contributed by atoms with van der Waals surface area (Å²) in [4.78, 5) is 9.90. The second-order valence-electron chi connectivity index (χ2n) is 5.03. The SMILES string of the molecule is CCOCc1nc(N)cc(N2CCCC(C(F)(F)F)C2)n1. The topological polar surface area (TPSA) is 64.3 Å². The largest absolute Gasteiger partial charge is 0.393 e. The summed E-state index contributed by atoms with van der Waals surface area (Å²) in [6.45, 7) is 3.00. The molecule has 0 aromatic carbocycles. The molecule has 5 nitrogen and oxygen atoms in total. The van der Waals surface area contributed by atoms with Crippen molar-refractivity contribution in [1.82, 2.24) is 9.97 Å². The summed E-state index contributed by atoms with van der Waals surface area (Å²) in [7, 11) is 0. The maximum atomic E-state index is 12.9. The van der Waals surface area contributed by atoms with Crippen LogP contribution in [0.1, 0.15) is 25.6 Å². The van der Waals surface area contributed by atoms with Gasteiger partial charge in [-0.2, -0.15) is 13.2 Å². The minimum absolute atomic E-state index is 0.0893. The molecule has 1 aromatic rings. The summed E-state index contributed by atoms with van der Waals surface area (Å²) < 4.78 is 43.8. The first-order valence-electron chi connectivity index (χ1n) is 6.93. The lowest BCUT2D eigenvalue weighted by molar-refractivity contribution is -0.176. The van der Waals surface area contributed by atoms with Gasteiger partial charge < -0.3 is 15.4 Å². The number of halogens is 3. The van der Waals surface area contributed by atoms with Crippen LogP contribution in [0, 0.1) is 5.92 Å². The van der Waals surface area contributed by atoms with Crippen LogP contribution in [-0.2, 0) is 11.3 Å². The van der Waals surface area contributed by atoms with Crippen molar-refractivity contribution in [3.8, 4) is 0 Å². The number of aromatic nitrogens is 2. The molecule has 21 heavy (non-hydrogen) atoms. The van der Waals surface area contributed by atoms with E-state index in [1.54, 1.807) is 4.90 Å². The fourth-order valence-corrected chi connectivity index (χ4v) is 2.38. The number of hydrogen-bond donors (Lipinski definition) is 1. The van der Waals surface area contributed by atoms with Gasteiger partial charge in [0.05, 0.1) is 5.92 Å². The quantitative estimate of drug-likeness (QED) is 0.925. The average molecular weight is 304 g/mol. The van der Waals surface area contributed by atoms with Gasteiger partial charge in [0.1, 0.15) is 18.2 Å². The second-order valence-corrected chi connectivity index (χ2v) is 5.03. The molecule has 0 radical (unpaired) electrons. The second kappa shape index (κ2) is 6.46. The van der Waals surface area contributed by atoms with Gasteiger partial charge in [-0.3, -0.25) is 0 Å². The summed E-state index contributed by atoms with van der Waals surface area (Å²) in [6.07, 6.45) is -3.54. The Morgan fingerprint density at radius 3 is 2.86 bits per heavy atom. The number of hydrogen-bond acceptors (Lipinski definition) is 5. The van der Waals surface area contributed by atoms with E-state index >= 15 is 0 Å². The van der Waals surface area contributed by atoms with Gasteiger partial charge >= 0.3 is 6.18 Å². The van der Waals surface area contributed by atoms with Crippen molar-refractivity contribution in [2.24, 2.45) is 5.92 Å². The highest BCUT2D eigenvalue weighted by molar-refractivity contribution is 5.47. The molecule has 8 heteroatoms. The van der Waals surface area contributed by atoms with E-state index in [-0.39, 0.29) is 25.4 Å². The molecule has 1 unspecified atom stereocenters. The molecular formula is C13H19F3N4O. The normalized spacial score (nSPS) is 19.8. The lowest BCUT2D eigenvalue weighted by Crippen LogP contribution is -2.42. The maximum Gasteiger partial charge on any atom is 0.393 e. The standard InChI is InChI=1S/C13H19F3N4O/c1-2-21-8-11-18-10(17)6-12(19-11)20-5-3-4-9(7-20)13(14,15)16/h6,9H,2-5,7-8H2,1H3,(H2,17,18,19). The van der Waals surface area contributed by atoms with Gasteiger partial charge in [0.25, 0.3) is 0 Å². The molecule has 0 amide bonds. The van der Waals surface area contributed by atoms with E-state index in [9.17, 15) is 13.2 Å². The first-order valence-corrected chi connectivity index (χ1v) is 6.93. The van der Waals surface area contributed by atoms with Crippen LogP contribution in [0.25, 0.3) is 0 Å². The summed E-state index contributed by atoms with van der Waals surface area (Å²) in [5, 5.41) is 0. The summed E-state index contributed by atoms with van der Waals surface area (Å²) in [5.41, 5.74) is 5.70. The van der Waals surface area contributed by atoms with Gasteiger partial charge in [0.2, 0.25) is 0 Å². The van der Waals surface area contributed by atoms with Crippen molar-refractivity contribution in [3.05, 3.63) is 11.9 Å². The lowest BCUT2D eigenvalue weighted by Gasteiger charge is -2.34. The van der Waals surface area contributed by atoms with Crippen molar-refractivity contribution in [1.29, 1.82) is 0 Å². The molecule has 1 atom stereocenters. The third-order valence-corrected chi connectivity index (χ3v) is 3.42. The smallest absolute Gasteiger partial charge is 0.384 e. The third-order valence-electron chi connectivity index (χ3n) is 3.42. The van der Waals surface area contributed by atoms with E-state index in [0.717, 1.165) is 0 Å². The number of nitrogens with two attached hydrogens (primary N) is 1. The van der Waals surface area contributed by atoms with Crippen LogP contribution >= 0.6 is 0 Å². The zero-order valence-electron chi connectivity index (χ0n) is 11.9. The van der Waals surface area contributed by atoms with Crippen molar-refractivity contribution < 1.29 is 17.9 Å². The van der Waals surface area contributed by atoms with Gasteiger partial charge in [0.15, 0.2) is 5.82 Å². The molecule has 1 aliphatic heterocycles. The highest BCUT2D eigenvalue weighted by Gasteiger charge is 2.42. The predicted octanol–water partition coefficient (Wildman–Crippen LogP) is 2.37. The fraction of sp³-hybridized carbons (Fsp3) is 0.692. The molecule has 1 fully saturated rings. The van der Waals surface area contributed by atoms with Crippen molar-refractivity contribution >= 4 is 11.6 Å². The monoisotopic (exact) mass is 304 g/mol. The Bertz CT molecular complexity index is 481. The van der Waals surface area contributed by atoms with Crippen LogP contribution in [0.5, 0.6) is 0 Å². The minimum Gasteiger partial charge on any atom is -0.384 e. The zero-order valence-corrected chi connectivity index (χ0v) is 11.9. The highest BCUT2D eigenvalue weighted by Crippen LogP contribution is 2.34. The van der Waals surface area contributed by atoms with Crippen LogP contribution in [0.15, 0.2) is 6.07 Å². The number of ether oxygens (including phenoxy) is 1. The zero-order chi connectivity index (χ0) is 15.5. The average Bonchev–Trinajstić information content (AvgIpc) is 2.44. The molecule has 0 saturated carbocycles. The van der Waals surface area contributed by atoms with Gasteiger partial charge in [-0.05, 0) is 19.8 Å². The third kappa shape index (κ3) is 4.20. The Labute approximate surface area is 121 Å². The van der Waals surface area contributed by atoms with E-state index in [1.807, 2.05) is 6.92 Å². The molecule has 1 aliphatic rings. The summed E-state index contributed by atoms with van der Waals surface area (Å²) in [5.74, 6) is -0.256. The van der Waals surface area contributed by atoms with E-state index in [4.69, 9.17) is 10.5 Å². The van der Waals surface area contributed by atoms with Crippen molar-refractivity contribution in [2.45, 2.75) is 32.5 Å². The highest BCUT2D eigenvalue weighted by atomic mass is 19.4. The van der Waals surface area contributed by atoms with Crippen LogP contribution in [0.4, 0.5) is 24.8 Å². The van der Waals surface area contributed by atoms with E-state index in [2.05, 4.69) is 9.97 Å². The number of alkyl halides is 3. The van der Waals surface area contributed by atoms with Crippen LogP contribution in [0.3, 0.4) is 0 Å². The first kappa shape index (κ1) is 15.8. The fourth-order valence-electron chi connectivity index (χ4n) is 2.38. The maximum absolute atomic E-state index is 12.9. The van der Waals surface area contributed by atoms with Gasteiger partial charge in [-0.1, -0.05) is 0 Å². The number of rotatable bonds is 4. The molecule has 0 bridgehead atoms. The number of nitrogen functional groups attached to an aromatic ring is 1. The van der Waals surface area contributed by atoms with Gasteiger partial charge in [0, 0.05) is 25.8 Å². The molecule has 2 rings (SSSR count). The summed E-state index contributed by atoms with van der Waals surface area (Å²) in [6, 6.07) is 1.51. The molecule has 1 saturated heterocycles. The number of anilines is 2. The molecule has 118 valence electrons. The minimum atomic E-state index is -4.18. The Balaban J connectivity index is 2.15. The predicted molar refractivity (Wildman–Crippen MR) is 72.8 cm³/mol. The van der Waals surface area contributed by atoms with Crippen LogP contribution < -0.4 is 10.6 Å². The molecule has 2 heterocycles. The Morgan fingerprint density at radius 1 is 1.43 bits per heavy atom. The Morgan fingerprint density at radius 2 is 2.19 bits per heavy atom. The van der Waals surface area contributed by atoms with E-state index in [1.165, 1.54) is 6.07 Å². The van der Waals surface area contributed by atoms with Gasteiger partial charge in [-0.25, -0.2) is 9.97 Å². The van der Waals surface area contributed by atoms with Gasteiger partial charge in [-0.15, -0.1) is 0 Å². The molecule has 1 aromatic heterocycles. The molecular weight excluding hydrogens is 285 g/mol. The Kier molecular flexibility index (Phi) is 4.87. The first-order chi connectivity index (χ1) is 9.90. The molecule has 0 aliphatic carbocycles. The number of nitrogens with zero attached hydrogens (tertiary/aromatic N) is 3. The number of piperidine rings is 1. The molecule has 0 spiro atoms. The Hall–Kier alpha value is -1.57. The van der Waals surface area contributed by atoms with E-state index < -0.39 is 12.1 Å². The van der Waals surface area contributed by atoms with Crippen LogP contribution in [-0.4, -0.2) is 35.8 Å². The summed E-state index contributed by atoms with van der Waals surface area (Å²) >= 11 is 0. The molecule has 2 N–H and O–H groups in total. The van der Waals surface area contributed by atoms with Crippen molar-refractivity contribution in [2.75, 3.05) is 30.3 Å². The van der Waals surface area contributed by atoms with Crippen LogP contribution in [0.2, 0.25) is 0 Å². The van der Waals surface area contributed by atoms with Crippen molar-refractivity contribution in [3.63, 3.8) is 0 Å².